The smallest absolute Gasteiger partial charge is 0.318 e. The first-order chi connectivity index (χ1) is 7.61. The molecule has 1 aliphatic carbocycles. The minimum atomic E-state index is -0.205. The molecule has 2 aliphatic rings. The zero-order valence-corrected chi connectivity index (χ0v) is 10.0. The highest BCUT2D eigenvalue weighted by molar-refractivity contribution is 5.98. The lowest BCUT2D eigenvalue weighted by atomic mass is 9.90. The molecule has 3 amide bonds. The molecule has 1 heterocycles. The molecule has 2 atom stereocenters. The molecule has 1 saturated carbocycles. The minimum absolute atomic E-state index is 0.0163. The van der Waals surface area contributed by atoms with Gasteiger partial charge in [-0.05, 0) is 26.7 Å². The summed E-state index contributed by atoms with van der Waals surface area (Å²) in [5, 5.41) is 2.49. The van der Waals surface area contributed by atoms with Gasteiger partial charge in [0.25, 0.3) is 0 Å². The van der Waals surface area contributed by atoms with E-state index in [0.29, 0.717) is 0 Å². The van der Waals surface area contributed by atoms with E-state index in [-0.39, 0.29) is 29.9 Å². The second-order valence-corrected chi connectivity index (χ2v) is 5.11. The zero-order valence-electron chi connectivity index (χ0n) is 10.0. The van der Waals surface area contributed by atoms with Crippen molar-refractivity contribution in [2.75, 3.05) is 0 Å². The summed E-state index contributed by atoms with van der Waals surface area (Å²) >= 11 is 0. The van der Waals surface area contributed by atoms with E-state index in [1.165, 1.54) is 6.42 Å². The summed E-state index contributed by atoms with van der Waals surface area (Å²) in [4.78, 5) is 25.5. The van der Waals surface area contributed by atoms with E-state index in [9.17, 15) is 9.59 Å². The topological polar surface area (TPSA) is 49.4 Å². The van der Waals surface area contributed by atoms with Crippen molar-refractivity contribution in [2.45, 2.75) is 58.0 Å². The summed E-state index contributed by atoms with van der Waals surface area (Å²) in [5.41, 5.74) is 0. The fraction of sp³-hybridized carbons (Fsp3) is 0.833. The monoisotopic (exact) mass is 224 g/mol. The van der Waals surface area contributed by atoms with Crippen LogP contribution in [0.15, 0.2) is 0 Å². The number of fused-ring (bicyclic) bond motifs is 1. The van der Waals surface area contributed by atoms with Gasteiger partial charge in [-0.25, -0.2) is 4.79 Å². The Labute approximate surface area is 96.4 Å². The maximum Gasteiger partial charge on any atom is 0.324 e. The average molecular weight is 224 g/mol. The van der Waals surface area contributed by atoms with Crippen molar-refractivity contribution < 1.29 is 9.59 Å². The van der Waals surface area contributed by atoms with Crippen LogP contribution in [0, 0.1) is 5.92 Å². The van der Waals surface area contributed by atoms with Gasteiger partial charge in [-0.2, -0.15) is 0 Å². The van der Waals surface area contributed by atoms with E-state index >= 15 is 0 Å². The lowest BCUT2D eigenvalue weighted by Crippen LogP contribution is -2.61. The first kappa shape index (κ1) is 11.4. The Bertz CT molecular complexity index is 301. The quantitative estimate of drug-likeness (QED) is 0.739. The van der Waals surface area contributed by atoms with Crippen molar-refractivity contribution in [3.8, 4) is 0 Å². The highest BCUT2D eigenvalue weighted by atomic mass is 16.2. The van der Waals surface area contributed by atoms with Gasteiger partial charge in [-0.15, -0.1) is 0 Å². The second-order valence-electron chi connectivity index (χ2n) is 5.11. The highest BCUT2D eigenvalue weighted by Crippen LogP contribution is 2.31. The number of carbonyl (C=O) groups is 2. The normalized spacial score (nSPS) is 31.1. The van der Waals surface area contributed by atoms with Crippen molar-refractivity contribution in [1.82, 2.24) is 10.2 Å². The van der Waals surface area contributed by atoms with Crippen LogP contribution in [0.25, 0.3) is 0 Å². The van der Waals surface area contributed by atoms with Crippen LogP contribution in [0.3, 0.4) is 0 Å². The molecule has 0 aromatic carbocycles. The molecule has 0 bridgehead atoms. The Morgan fingerprint density at radius 2 is 1.88 bits per heavy atom. The average Bonchev–Trinajstić information content (AvgIpc) is 2.42. The van der Waals surface area contributed by atoms with Gasteiger partial charge in [-0.3, -0.25) is 10.1 Å². The van der Waals surface area contributed by atoms with Crippen LogP contribution in [-0.4, -0.2) is 28.9 Å². The Kier molecular flexibility index (Phi) is 3.17. The molecule has 90 valence electrons. The highest BCUT2D eigenvalue weighted by Gasteiger charge is 2.42. The third kappa shape index (κ3) is 1.93. The number of carbonyl (C=O) groups excluding carboxylic acids is 2. The Balaban J connectivity index is 2.24. The summed E-state index contributed by atoms with van der Waals surface area (Å²) in [6, 6.07) is 0.0885. The summed E-state index contributed by atoms with van der Waals surface area (Å²) in [7, 11) is 0. The zero-order chi connectivity index (χ0) is 11.7. The number of amides is 3. The summed E-state index contributed by atoms with van der Waals surface area (Å²) in [6.07, 6.45) is 5.31. The molecule has 2 fully saturated rings. The number of hydrogen-bond donors (Lipinski definition) is 1. The van der Waals surface area contributed by atoms with Crippen LogP contribution in [0.4, 0.5) is 4.79 Å². The molecule has 4 nitrogen and oxygen atoms in total. The number of nitrogens with zero attached hydrogens (tertiary/aromatic N) is 1. The summed E-state index contributed by atoms with van der Waals surface area (Å²) in [5.74, 6) is -0.0450. The van der Waals surface area contributed by atoms with Crippen LogP contribution < -0.4 is 5.32 Å². The number of rotatable bonds is 1. The Morgan fingerprint density at radius 1 is 1.19 bits per heavy atom. The second kappa shape index (κ2) is 4.44. The van der Waals surface area contributed by atoms with Crippen LogP contribution >= 0.6 is 0 Å². The summed E-state index contributed by atoms with van der Waals surface area (Å²) < 4.78 is 0. The van der Waals surface area contributed by atoms with Crippen molar-refractivity contribution in [3.05, 3.63) is 0 Å². The van der Waals surface area contributed by atoms with Crippen molar-refractivity contribution in [1.29, 1.82) is 0 Å². The number of imide groups is 1. The lowest BCUT2D eigenvalue weighted by molar-refractivity contribution is -0.128. The molecular weight excluding hydrogens is 204 g/mol. The van der Waals surface area contributed by atoms with Crippen LogP contribution in [0.2, 0.25) is 0 Å². The van der Waals surface area contributed by atoms with E-state index in [4.69, 9.17) is 0 Å². The van der Waals surface area contributed by atoms with Crippen LogP contribution in [0.5, 0.6) is 0 Å². The molecule has 2 unspecified atom stereocenters. The minimum Gasteiger partial charge on any atom is -0.318 e. The van der Waals surface area contributed by atoms with Crippen LogP contribution in [0.1, 0.15) is 46.0 Å². The van der Waals surface area contributed by atoms with E-state index in [0.717, 1.165) is 25.7 Å². The lowest BCUT2D eigenvalue weighted by Gasteiger charge is -2.42. The largest absolute Gasteiger partial charge is 0.324 e. The Morgan fingerprint density at radius 3 is 2.56 bits per heavy atom. The van der Waals surface area contributed by atoms with E-state index in [1.807, 2.05) is 18.7 Å². The molecule has 0 aromatic rings. The third-order valence-electron chi connectivity index (χ3n) is 3.69. The van der Waals surface area contributed by atoms with E-state index in [2.05, 4.69) is 5.32 Å². The number of hydrogen-bond acceptors (Lipinski definition) is 2. The molecular formula is C12H20N2O2. The van der Waals surface area contributed by atoms with Crippen molar-refractivity contribution in [3.63, 3.8) is 0 Å². The molecule has 1 N–H and O–H groups in total. The molecule has 4 heteroatoms. The number of urea groups is 1. The van der Waals surface area contributed by atoms with Gasteiger partial charge in [0.2, 0.25) is 5.91 Å². The molecule has 1 saturated heterocycles. The van der Waals surface area contributed by atoms with Gasteiger partial charge in [0.05, 0.1) is 5.92 Å². The Hall–Kier alpha value is -1.06. The molecule has 0 aromatic heterocycles. The predicted octanol–water partition coefficient (Wildman–Crippen LogP) is 1.90. The van der Waals surface area contributed by atoms with Crippen molar-refractivity contribution in [2.24, 2.45) is 5.92 Å². The SMILES string of the molecule is CC(C)N1C(=O)NC(=O)C2CCCCCC21. The molecule has 0 radical (unpaired) electrons. The van der Waals surface area contributed by atoms with Gasteiger partial charge in [-0.1, -0.05) is 19.3 Å². The van der Waals surface area contributed by atoms with Crippen LogP contribution in [-0.2, 0) is 4.79 Å². The number of nitrogens with one attached hydrogen (secondary N) is 1. The maximum atomic E-state index is 11.8. The fourth-order valence-electron chi connectivity index (χ4n) is 2.96. The fourth-order valence-corrected chi connectivity index (χ4v) is 2.96. The maximum absolute atomic E-state index is 11.8. The van der Waals surface area contributed by atoms with E-state index in [1.54, 1.807) is 0 Å². The van der Waals surface area contributed by atoms with E-state index < -0.39 is 0 Å². The first-order valence-electron chi connectivity index (χ1n) is 6.24. The predicted molar refractivity (Wildman–Crippen MR) is 60.9 cm³/mol. The van der Waals surface area contributed by atoms with Crippen molar-refractivity contribution >= 4 is 11.9 Å². The molecule has 0 spiro atoms. The third-order valence-corrected chi connectivity index (χ3v) is 3.69. The standard InChI is InChI=1S/C12H20N2O2/c1-8(2)14-10-7-5-3-4-6-9(10)11(15)13-12(14)16/h8-10H,3-7H2,1-2H3,(H,13,15,16). The van der Waals surface area contributed by atoms with Gasteiger partial charge in [0.15, 0.2) is 0 Å². The van der Waals surface area contributed by atoms with Gasteiger partial charge >= 0.3 is 6.03 Å². The first-order valence-corrected chi connectivity index (χ1v) is 6.24. The van der Waals surface area contributed by atoms with Gasteiger partial charge in [0.1, 0.15) is 0 Å². The van der Waals surface area contributed by atoms with Gasteiger partial charge < -0.3 is 4.90 Å². The molecule has 2 rings (SSSR count). The molecule has 1 aliphatic heterocycles. The summed E-state index contributed by atoms with van der Waals surface area (Å²) in [6.45, 7) is 4.02. The molecule has 16 heavy (non-hydrogen) atoms. The van der Waals surface area contributed by atoms with Gasteiger partial charge in [0, 0.05) is 12.1 Å².